The Morgan fingerprint density at radius 1 is 0.953 bits per heavy atom. The van der Waals surface area contributed by atoms with E-state index in [2.05, 4.69) is 20.2 Å². The number of halogens is 3. The smallest absolute Gasteiger partial charge is 0.322 e. The predicted octanol–water partition coefficient (Wildman–Crippen LogP) is 4.14. The maximum Gasteiger partial charge on any atom is 0.416 e. The van der Waals surface area contributed by atoms with Gasteiger partial charge in [0.05, 0.1) is 17.7 Å². The number of ketones is 1. The fourth-order valence-corrected chi connectivity index (χ4v) is 4.84. The normalized spacial score (nSPS) is 14.4. The summed E-state index contributed by atoms with van der Waals surface area (Å²) in [7, 11) is 3.54. The molecule has 2 heterocycles. The van der Waals surface area contributed by atoms with Gasteiger partial charge in [-0.2, -0.15) is 13.2 Å². The van der Waals surface area contributed by atoms with Crippen LogP contribution in [-0.4, -0.2) is 77.6 Å². The van der Waals surface area contributed by atoms with E-state index >= 15 is 0 Å². The number of rotatable bonds is 9. The molecule has 2 amide bonds. The van der Waals surface area contributed by atoms with Crippen LogP contribution in [0.15, 0.2) is 48.8 Å². The van der Waals surface area contributed by atoms with Crippen LogP contribution < -0.4 is 10.2 Å². The average Bonchev–Trinajstić information content (AvgIpc) is 2.95. The number of aromatic nitrogens is 2. The van der Waals surface area contributed by atoms with Crippen molar-refractivity contribution in [3.63, 3.8) is 0 Å². The Hall–Kier alpha value is -4.16. The number of Topliss-reactive ketones (excluding diaryl/α,β-unsaturated/α-hetero) is 1. The zero-order chi connectivity index (χ0) is 31.3. The largest absolute Gasteiger partial charge is 0.416 e. The van der Waals surface area contributed by atoms with Gasteiger partial charge in [-0.25, -0.2) is 9.97 Å². The van der Waals surface area contributed by atoms with Crippen LogP contribution in [0.1, 0.15) is 45.2 Å². The van der Waals surface area contributed by atoms with E-state index in [4.69, 9.17) is 0 Å². The molecule has 2 aromatic carbocycles. The Labute approximate surface area is 248 Å². The van der Waals surface area contributed by atoms with Crippen LogP contribution in [-0.2, 0) is 35.2 Å². The van der Waals surface area contributed by atoms with Gasteiger partial charge in [-0.1, -0.05) is 12.1 Å². The molecule has 0 saturated carbocycles. The number of alkyl halides is 3. The Morgan fingerprint density at radius 2 is 1.67 bits per heavy atom. The average molecular weight is 597 g/mol. The maximum absolute atomic E-state index is 14.0. The van der Waals surface area contributed by atoms with E-state index in [9.17, 15) is 27.6 Å². The molecule has 1 saturated heterocycles. The van der Waals surface area contributed by atoms with E-state index < -0.39 is 17.6 Å². The van der Waals surface area contributed by atoms with Crippen molar-refractivity contribution in [1.29, 1.82) is 0 Å². The standard InChI is InChI=1S/C31H35F3N6O3/c1-20-5-8-25(14-24(20)16-29(42)39(4)28-17-26(13-21(2)41)35-19-36-28)37-30(43)22-6-7-23(27(15-22)31(32,33)34)18-40-11-9-38(3)10-12-40/h5-8,14-15,17,19H,9-13,16,18H2,1-4H3,(H,37,43). The van der Waals surface area contributed by atoms with Crippen molar-refractivity contribution in [3.8, 4) is 0 Å². The van der Waals surface area contributed by atoms with Crippen molar-refractivity contribution < 1.29 is 27.6 Å². The first kappa shape index (κ1) is 31.8. The summed E-state index contributed by atoms with van der Waals surface area (Å²) < 4.78 is 42.0. The molecular formula is C31H35F3N6O3. The van der Waals surface area contributed by atoms with E-state index in [1.165, 1.54) is 30.3 Å². The Bertz CT molecular complexity index is 1500. The summed E-state index contributed by atoms with van der Waals surface area (Å²) >= 11 is 0. The van der Waals surface area contributed by atoms with Gasteiger partial charge in [0, 0.05) is 63.5 Å². The third-order valence-corrected chi connectivity index (χ3v) is 7.47. The van der Waals surface area contributed by atoms with Gasteiger partial charge in [0.15, 0.2) is 0 Å². The molecule has 9 nitrogen and oxygen atoms in total. The van der Waals surface area contributed by atoms with Crippen LogP contribution in [0, 0.1) is 6.92 Å². The topological polar surface area (TPSA) is 98.7 Å². The van der Waals surface area contributed by atoms with E-state index in [-0.39, 0.29) is 42.2 Å². The minimum atomic E-state index is -4.61. The zero-order valence-electron chi connectivity index (χ0n) is 24.7. The van der Waals surface area contributed by atoms with Crippen LogP contribution in [0.5, 0.6) is 0 Å². The molecule has 0 unspecified atom stereocenters. The molecule has 1 aliphatic rings. The van der Waals surface area contributed by atoms with Crippen molar-refractivity contribution >= 4 is 29.1 Å². The fraction of sp³-hybridized carbons (Fsp3) is 0.387. The summed E-state index contributed by atoms with van der Waals surface area (Å²) in [5.74, 6) is -0.696. The molecule has 0 radical (unpaired) electrons. The number of anilines is 2. The molecule has 1 fully saturated rings. The highest BCUT2D eigenvalue weighted by atomic mass is 19.4. The summed E-state index contributed by atoms with van der Waals surface area (Å²) in [5, 5.41) is 2.67. The van der Waals surface area contributed by atoms with Crippen molar-refractivity contribution in [2.45, 2.75) is 39.4 Å². The number of nitrogens with one attached hydrogen (secondary N) is 1. The Balaban J connectivity index is 1.47. The summed E-state index contributed by atoms with van der Waals surface area (Å²) in [6.07, 6.45) is -3.21. The highest BCUT2D eigenvalue weighted by Gasteiger charge is 2.34. The number of aryl methyl sites for hydroxylation is 1. The number of nitrogens with zero attached hydrogens (tertiary/aromatic N) is 5. The number of hydrogen-bond donors (Lipinski definition) is 1. The quantitative estimate of drug-likeness (QED) is 0.397. The summed E-state index contributed by atoms with van der Waals surface area (Å²) in [6.45, 7) is 6.33. The number of likely N-dealkylation sites (N-methyl/N-ethyl adjacent to an activating group) is 2. The van der Waals surface area contributed by atoms with Gasteiger partial charge in [0.2, 0.25) is 5.91 Å². The van der Waals surface area contributed by atoms with Crippen LogP contribution in [0.4, 0.5) is 24.7 Å². The molecule has 0 atom stereocenters. The van der Waals surface area contributed by atoms with Crippen LogP contribution >= 0.6 is 0 Å². The summed E-state index contributed by atoms with van der Waals surface area (Å²) in [5.41, 5.74) is 1.47. The number of carbonyl (C=O) groups is 3. The molecule has 1 N–H and O–H groups in total. The van der Waals surface area contributed by atoms with Gasteiger partial charge in [-0.15, -0.1) is 0 Å². The predicted molar refractivity (Wildman–Crippen MR) is 157 cm³/mol. The third kappa shape index (κ3) is 8.45. The molecule has 43 heavy (non-hydrogen) atoms. The molecule has 0 aliphatic carbocycles. The molecule has 1 aliphatic heterocycles. The van der Waals surface area contributed by atoms with Gasteiger partial charge in [0.1, 0.15) is 17.9 Å². The molecule has 0 bridgehead atoms. The summed E-state index contributed by atoms with van der Waals surface area (Å²) in [6, 6.07) is 10.3. The molecule has 0 spiro atoms. The van der Waals surface area contributed by atoms with E-state index in [0.29, 0.717) is 35.9 Å². The van der Waals surface area contributed by atoms with E-state index in [1.54, 1.807) is 31.3 Å². The minimum Gasteiger partial charge on any atom is -0.322 e. The van der Waals surface area contributed by atoms with Gasteiger partial charge in [0.25, 0.3) is 5.91 Å². The second kappa shape index (κ2) is 13.4. The Morgan fingerprint density at radius 3 is 2.35 bits per heavy atom. The first-order valence-electron chi connectivity index (χ1n) is 13.9. The lowest BCUT2D eigenvalue weighted by Gasteiger charge is -2.33. The van der Waals surface area contributed by atoms with E-state index in [0.717, 1.165) is 24.7 Å². The summed E-state index contributed by atoms with van der Waals surface area (Å²) in [4.78, 5) is 51.2. The first-order valence-corrected chi connectivity index (χ1v) is 13.9. The van der Waals surface area contributed by atoms with Gasteiger partial charge < -0.3 is 10.2 Å². The van der Waals surface area contributed by atoms with Gasteiger partial charge >= 0.3 is 6.18 Å². The van der Waals surface area contributed by atoms with Crippen molar-refractivity contribution in [2.75, 3.05) is 50.5 Å². The molecule has 4 rings (SSSR count). The van der Waals surface area contributed by atoms with Gasteiger partial charge in [-0.3, -0.25) is 24.2 Å². The van der Waals surface area contributed by atoms with Crippen molar-refractivity contribution in [2.24, 2.45) is 0 Å². The van der Waals surface area contributed by atoms with Crippen molar-refractivity contribution in [1.82, 2.24) is 19.8 Å². The SMILES string of the molecule is CC(=O)Cc1cc(N(C)C(=O)Cc2cc(NC(=O)c3ccc(CN4CCN(C)CC4)c(C(F)(F)F)c3)ccc2C)ncn1. The highest BCUT2D eigenvalue weighted by molar-refractivity contribution is 6.04. The molecular weight excluding hydrogens is 561 g/mol. The molecule has 3 aromatic rings. The lowest BCUT2D eigenvalue weighted by atomic mass is 10.0. The fourth-order valence-electron chi connectivity index (χ4n) is 4.84. The minimum absolute atomic E-state index is 0.0166. The maximum atomic E-state index is 14.0. The van der Waals surface area contributed by atoms with E-state index in [1.807, 2.05) is 18.9 Å². The first-order chi connectivity index (χ1) is 20.3. The number of amides is 2. The monoisotopic (exact) mass is 596 g/mol. The molecule has 228 valence electrons. The van der Waals surface area contributed by atoms with Crippen LogP contribution in [0.3, 0.4) is 0 Å². The Kier molecular flexibility index (Phi) is 9.92. The second-order valence-corrected chi connectivity index (χ2v) is 10.9. The molecule has 1 aromatic heterocycles. The lowest BCUT2D eigenvalue weighted by Crippen LogP contribution is -2.44. The van der Waals surface area contributed by atoms with Crippen molar-refractivity contribution in [3.05, 3.63) is 82.3 Å². The molecule has 12 heteroatoms. The third-order valence-electron chi connectivity index (χ3n) is 7.47. The lowest BCUT2D eigenvalue weighted by molar-refractivity contribution is -0.138. The second-order valence-electron chi connectivity index (χ2n) is 10.9. The van der Waals surface area contributed by atoms with Crippen LogP contribution in [0.2, 0.25) is 0 Å². The number of benzene rings is 2. The number of carbonyl (C=O) groups excluding carboxylic acids is 3. The number of piperazine rings is 1. The van der Waals surface area contributed by atoms with Crippen LogP contribution in [0.25, 0.3) is 0 Å². The number of hydrogen-bond acceptors (Lipinski definition) is 7. The highest BCUT2D eigenvalue weighted by Crippen LogP contribution is 2.34. The zero-order valence-corrected chi connectivity index (χ0v) is 24.7. The van der Waals surface area contributed by atoms with Gasteiger partial charge in [-0.05, 0) is 61.9 Å².